The Kier molecular flexibility index (Phi) is 15.7. The molecule has 4 N–H and O–H groups in total. The van der Waals surface area contributed by atoms with Gasteiger partial charge in [-0.2, -0.15) is 11.8 Å². The van der Waals surface area contributed by atoms with Gasteiger partial charge in [0.05, 0.1) is 6.61 Å². The van der Waals surface area contributed by atoms with Crippen molar-refractivity contribution < 1.29 is 19.8 Å². The van der Waals surface area contributed by atoms with Gasteiger partial charge in [-0.1, -0.05) is 40.5 Å². The van der Waals surface area contributed by atoms with Crippen LogP contribution in [0, 0.1) is 5.41 Å². The van der Waals surface area contributed by atoms with Crippen molar-refractivity contribution in [2.75, 3.05) is 31.7 Å². The first kappa shape index (κ1) is 24.5. The SMILES string of the molecule is CCCC.CSCCNC(=O)CCNC(=O)[C@H](O)C(C)(C)CO. The van der Waals surface area contributed by atoms with Crippen molar-refractivity contribution in [3.8, 4) is 0 Å². The predicted molar refractivity (Wildman–Crippen MR) is 96.5 cm³/mol. The molecule has 0 aromatic rings. The Hall–Kier alpha value is -0.790. The second kappa shape index (κ2) is 14.8. The Morgan fingerprint density at radius 2 is 1.70 bits per heavy atom. The average Bonchev–Trinajstić information content (AvgIpc) is 2.54. The zero-order valence-corrected chi connectivity index (χ0v) is 16.0. The molecular weight excluding hydrogens is 316 g/mol. The quantitative estimate of drug-likeness (QED) is 0.443. The van der Waals surface area contributed by atoms with E-state index in [2.05, 4.69) is 24.5 Å². The summed E-state index contributed by atoms with van der Waals surface area (Å²) in [4.78, 5) is 22.9. The largest absolute Gasteiger partial charge is 0.396 e. The molecule has 0 bridgehead atoms. The highest BCUT2D eigenvalue weighted by Crippen LogP contribution is 2.19. The predicted octanol–water partition coefficient (Wildman–Crippen LogP) is 1.16. The molecule has 0 aromatic carbocycles. The van der Waals surface area contributed by atoms with Crippen molar-refractivity contribution in [1.82, 2.24) is 10.6 Å². The van der Waals surface area contributed by atoms with Crippen molar-refractivity contribution in [3.63, 3.8) is 0 Å². The summed E-state index contributed by atoms with van der Waals surface area (Å²) in [5.74, 6) is 0.142. The summed E-state index contributed by atoms with van der Waals surface area (Å²) in [6.45, 7) is 8.02. The first-order valence-electron chi connectivity index (χ1n) is 8.09. The number of thioether (sulfide) groups is 1. The fraction of sp³-hybridized carbons (Fsp3) is 0.875. The number of amides is 2. The number of aliphatic hydroxyl groups excluding tert-OH is 2. The highest BCUT2D eigenvalue weighted by atomic mass is 32.2. The lowest BCUT2D eigenvalue weighted by Gasteiger charge is -2.27. The van der Waals surface area contributed by atoms with Crippen LogP contribution in [0.4, 0.5) is 0 Å². The maximum atomic E-state index is 11.6. The molecule has 0 radical (unpaired) electrons. The molecule has 6 nitrogen and oxygen atoms in total. The Morgan fingerprint density at radius 1 is 1.13 bits per heavy atom. The summed E-state index contributed by atoms with van der Waals surface area (Å²) in [7, 11) is 0. The van der Waals surface area contributed by atoms with Gasteiger partial charge in [0.25, 0.3) is 0 Å². The van der Waals surface area contributed by atoms with Gasteiger partial charge in [-0.05, 0) is 6.26 Å². The molecule has 7 heteroatoms. The highest BCUT2D eigenvalue weighted by Gasteiger charge is 2.32. The van der Waals surface area contributed by atoms with E-state index in [9.17, 15) is 14.7 Å². The standard InChI is InChI=1S/C12H24N2O4S.C4H10/c1-12(2,8-15)10(17)11(18)14-5-4-9(16)13-6-7-19-3;1-3-4-2/h10,15,17H,4-8H2,1-3H3,(H,13,16)(H,14,18);3-4H2,1-2H3/t10-;/m0./s1. The van der Waals surface area contributed by atoms with Crippen LogP contribution in [0.1, 0.15) is 47.0 Å². The topological polar surface area (TPSA) is 98.7 Å². The molecular formula is C16H34N2O4S. The second-order valence-electron chi connectivity index (χ2n) is 5.93. The van der Waals surface area contributed by atoms with E-state index in [1.807, 2.05) is 6.26 Å². The molecule has 0 aliphatic rings. The van der Waals surface area contributed by atoms with E-state index >= 15 is 0 Å². The van der Waals surface area contributed by atoms with Crippen molar-refractivity contribution >= 4 is 23.6 Å². The normalized spacial score (nSPS) is 12.0. The number of carbonyl (C=O) groups excluding carboxylic acids is 2. The molecule has 0 spiro atoms. The molecule has 0 saturated carbocycles. The monoisotopic (exact) mass is 350 g/mol. The fourth-order valence-electron chi connectivity index (χ4n) is 1.22. The van der Waals surface area contributed by atoms with Crippen LogP contribution in [-0.2, 0) is 9.59 Å². The van der Waals surface area contributed by atoms with Crippen molar-refractivity contribution in [2.24, 2.45) is 5.41 Å². The fourth-order valence-corrected chi connectivity index (χ4v) is 1.52. The van der Waals surface area contributed by atoms with Crippen LogP contribution >= 0.6 is 11.8 Å². The van der Waals surface area contributed by atoms with Gasteiger partial charge in [0, 0.05) is 30.7 Å². The van der Waals surface area contributed by atoms with E-state index in [0.717, 1.165) is 5.75 Å². The Labute approximate surface area is 144 Å². The molecule has 1 atom stereocenters. The van der Waals surface area contributed by atoms with Crippen LogP contribution in [0.3, 0.4) is 0 Å². The smallest absolute Gasteiger partial charge is 0.249 e. The van der Waals surface area contributed by atoms with Gasteiger partial charge in [0.1, 0.15) is 6.10 Å². The number of carbonyl (C=O) groups is 2. The lowest BCUT2D eigenvalue weighted by atomic mass is 9.87. The van der Waals surface area contributed by atoms with Crippen LogP contribution in [0.25, 0.3) is 0 Å². The number of unbranched alkanes of at least 4 members (excludes halogenated alkanes) is 1. The minimum absolute atomic E-state index is 0.134. The molecule has 0 aliphatic heterocycles. The van der Waals surface area contributed by atoms with Crippen LogP contribution < -0.4 is 10.6 Å². The lowest BCUT2D eigenvalue weighted by Crippen LogP contribution is -2.46. The molecule has 0 rings (SSSR count). The molecule has 2 amide bonds. The molecule has 0 saturated heterocycles. The van der Waals surface area contributed by atoms with Gasteiger partial charge in [-0.15, -0.1) is 0 Å². The van der Waals surface area contributed by atoms with Crippen LogP contribution in [-0.4, -0.2) is 59.8 Å². The van der Waals surface area contributed by atoms with E-state index in [-0.39, 0.29) is 25.5 Å². The molecule has 0 unspecified atom stereocenters. The zero-order valence-electron chi connectivity index (χ0n) is 15.1. The van der Waals surface area contributed by atoms with E-state index in [4.69, 9.17) is 5.11 Å². The van der Waals surface area contributed by atoms with Crippen molar-refractivity contribution in [2.45, 2.75) is 53.1 Å². The summed E-state index contributed by atoms with van der Waals surface area (Å²) in [5, 5.41) is 23.9. The minimum Gasteiger partial charge on any atom is -0.396 e. The van der Waals surface area contributed by atoms with Gasteiger partial charge in [0.15, 0.2) is 0 Å². The summed E-state index contributed by atoms with van der Waals surface area (Å²) >= 11 is 1.64. The summed E-state index contributed by atoms with van der Waals surface area (Å²) in [5.41, 5.74) is -0.898. The Morgan fingerprint density at radius 3 is 2.13 bits per heavy atom. The van der Waals surface area contributed by atoms with E-state index in [0.29, 0.717) is 6.54 Å². The molecule has 0 aromatic heterocycles. The van der Waals surface area contributed by atoms with Crippen LogP contribution in [0.15, 0.2) is 0 Å². The third-order valence-electron chi connectivity index (χ3n) is 3.18. The highest BCUT2D eigenvalue weighted by molar-refractivity contribution is 7.98. The average molecular weight is 351 g/mol. The number of nitrogens with one attached hydrogen (secondary N) is 2. The number of aliphatic hydroxyl groups is 2. The Bertz CT molecular complexity index is 323. The van der Waals surface area contributed by atoms with Gasteiger partial charge in [-0.3, -0.25) is 9.59 Å². The summed E-state index contributed by atoms with van der Waals surface area (Å²) in [6, 6.07) is 0. The summed E-state index contributed by atoms with van der Waals surface area (Å²) < 4.78 is 0. The molecule has 0 fully saturated rings. The van der Waals surface area contributed by atoms with Crippen molar-refractivity contribution in [1.29, 1.82) is 0 Å². The minimum atomic E-state index is -1.29. The maximum Gasteiger partial charge on any atom is 0.249 e. The lowest BCUT2D eigenvalue weighted by molar-refractivity contribution is -0.137. The van der Waals surface area contributed by atoms with E-state index in [1.165, 1.54) is 12.8 Å². The zero-order chi connectivity index (χ0) is 18.3. The van der Waals surface area contributed by atoms with E-state index < -0.39 is 17.4 Å². The maximum absolute atomic E-state index is 11.6. The number of hydrogen-bond donors (Lipinski definition) is 4. The third-order valence-corrected chi connectivity index (χ3v) is 3.79. The first-order chi connectivity index (χ1) is 10.8. The van der Waals surface area contributed by atoms with Crippen molar-refractivity contribution in [3.05, 3.63) is 0 Å². The first-order valence-corrected chi connectivity index (χ1v) is 9.48. The van der Waals surface area contributed by atoms with Crippen LogP contribution in [0.2, 0.25) is 0 Å². The Balaban J connectivity index is 0. The molecule has 138 valence electrons. The van der Waals surface area contributed by atoms with Crippen LogP contribution in [0.5, 0.6) is 0 Å². The third kappa shape index (κ3) is 13.4. The van der Waals surface area contributed by atoms with E-state index in [1.54, 1.807) is 25.6 Å². The van der Waals surface area contributed by atoms with Gasteiger partial charge in [0.2, 0.25) is 11.8 Å². The number of rotatable bonds is 10. The number of hydrogen-bond acceptors (Lipinski definition) is 5. The molecule has 0 aliphatic carbocycles. The van der Waals surface area contributed by atoms with Gasteiger partial charge >= 0.3 is 0 Å². The second-order valence-corrected chi connectivity index (χ2v) is 6.92. The van der Waals surface area contributed by atoms with Gasteiger partial charge < -0.3 is 20.8 Å². The molecule has 23 heavy (non-hydrogen) atoms. The molecule has 0 heterocycles. The van der Waals surface area contributed by atoms with Gasteiger partial charge in [-0.25, -0.2) is 0 Å². The summed E-state index contributed by atoms with van der Waals surface area (Å²) in [6.07, 6.45) is 3.47.